The van der Waals surface area contributed by atoms with E-state index in [-0.39, 0.29) is 24.1 Å². The van der Waals surface area contributed by atoms with Crippen LogP contribution in [0.4, 0.5) is 5.69 Å². The van der Waals surface area contributed by atoms with E-state index in [9.17, 15) is 19.2 Å². The molecule has 228 valence electrons. The number of methoxy groups -OCH3 is 1. The van der Waals surface area contributed by atoms with Crippen molar-refractivity contribution >= 4 is 29.3 Å². The predicted octanol–water partition coefficient (Wildman–Crippen LogP) is 2.44. The fourth-order valence-electron chi connectivity index (χ4n) is 5.54. The van der Waals surface area contributed by atoms with Gasteiger partial charge in [0.15, 0.2) is 5.82 Å². The molecule has 45 heavy (non-hydrogen) atoms. The first-order valence-corrected chi connectivity index (χ1v) is 14.3. The van der Waals surface area contributed by atoms with Crippen LogP contribution in [0, 0.1) is 0 Å². The van der Waals surface area contributed by atoms with Crippen molar-refractivity contribution in [3.63, 3.8) is 0 Å². The maximum atomic E-state index is 13.4. The van der Waals surface area contributed by atoms with Gasteiger partial charge in [-0.1, -0.05) is 36.9 Å². The zero-order valence-electron chi connectivity index (χ0n) is 24.4. The molecule has 0 saturated carbocycles. The molecule has 4 aromatic rings. The summed E-state index contributed by atoms with van der Waals surface area (Å²) in [4.78, 5) is 50.8. The summed E-state index contributed by atoms with van der Waals surface area (Å²) >= 11 is 0. The summed E-state index contributed by atoms with van der Waals surface area (Å²) in [5, 5.41) is 21.2. The van der Waals surface area contributed by atoms with Crippen molar-refractivity contribution < 1.29 is 23.9 Å². The van der Waals surface area contributed by atoms with Gasteiger partial charge < -0.3 is 15.0 Å². The first kappa shape index (κ1) is 29.4. The van der Waals surface area contributed by atoms with Crippen LogP contribution in [0.15, 0.2) is 79.4 Å². The molecule has 3 aromatic carbocycles. The first-order valence-electron chi connectivity index (χ1n) is 14.3. The van der Waals surface area contributed by atoms with E-state index in [1.54, 1.807) is 23.9 Å². The van der Waals surface area contributed by atoms with Crippen molar-refractivity contribution in [2.45, 2.75) is 38.0 Å². The fraction of sp³-hybridized carbons (Fsp3) is 0.219. The third-order valence-corrected chi connectivity index (χ3v) is 7.85. The lowest BCUT2D eigenvalue weighted by Crippen LogP contribution is -2.52. The zero-order valence-corrected chi connectivity index (χ0v) is 24.4. The average molecular weight is 607 g/mol. The fourth-order valence-corrected chi connectivity index (χ4v) is 5.54. The van der Waals surface area contributed by atoms with Gasteiger partial charge in [0, 0.05) is 36.8 Å². The predicted molar refractivity (Wildman–Crippen MR) is 162 cm³/mol. The molecule has 2 aliphatic rings. The van der Waals surface area contributed by atoms with Gasteiger partial charge >= 0.3 is 0 Å². The van der Waals surface area contributed by atoms with Crippen molar-refractivity contribution in [1.82, 2.24) is 35.7 Å². The van der Waals surface area contributed by atoms with Gasteiger partial charge in [0.05, 0.1) is 18.8 Å². The lowest BCUT2D eigenvalue weighted by atomic mass is 10.0. The quantitative estimate of drug-likeness (QED) is 0.182. The Morgan fingerprint density at radius 3 is 2.71 bits per heavy atom. The lowest BCUT2D eigenvalue weighted by molar-refractivity contribution is -0.137. The second-order valence-corrected chi connectivity index (χ2v) is 10.7. The van der Waals surface area contributed by atoms with Gasteiger partial charge in [-0.05, 0) is 69.9 Å². The smallest absolute Gasteiger partial charge is 0.255 e. The van der Waals surface area contributed by atoms with Gasteiger partial charge in [0.1, 0.15) is 11.8 Å². The molecule has 1 fully saturated rings. The molecule has 0 spiro atoms. The number of nitrogens with one attached hydrogen (secondary N) is 3. The SMILES string of the molecule is C=CC(=O)Nc1ccc(C(NCc2ccc3c(c2)C(=O)N(C2CCC(=O)NC2=O)C3)c2nnnn2-c2cccc(OC)c2)cc1. The molecule has 13 heteroatoms. The van der Waals surface area contributed by atoms with Crippen molar-refractivity contribution in [3.05, 3.63) is 107 Å². The van der Waals surface area contributed by atoms with Crippen LogP contribution in [-0.4, -0.2) is 61.9 Å². The van der Waals surface area contributed by atoms with Crippen LogP contribution in [0.1, 0.15) is 51.8 Å². The van der Waals surface area contributed by atoms with E-state index in [4.69, 9.17) is 4.74 Å². The maximum absolute atomic E-state index is 13.4. The summed E-state index contributed by atoms with van der Waals surface area (Å²) < 4.78 is 7.01. The summed E-state index contributed by atoms with van der Waals surface area (Å²) in [6.07, 6.45) is 1.70. The number of tetrazole rings is 1. The van der Waals surface area contributed by atoms with Crippen LogP contribution < -0.4 is 20.7 Å². The topological polar surface area (TPSA) is 160 Å². The minimum atomic E-state index is -0.678. The minimum Gasteiger partial charge on any atom is -0.497 e. The Labute approximate surface area is 258 Å². The Kier molecular flexibility index (Phi) is 8.16. The number of benzene rings is 3. The number of fused-ring (bicyclic) bond motifs is 1. The van der Waals surface area contributed by atoms with Gasteiger partial charge in [-0.3, -0.25) is 29.8 Å². The molecule has 13 nitrogen and oxygen atoms in total. The molecule has 2 unspecified atom stereocenters. The average Bonchev–Trinajstić information content (AvgIpc) is 3.67. The summed E-state index contributed by atoms with van der Waals surface area (Å²) in [5.41, 5.74) is 4.32. The van der Waals surface area contributed by atoms with Gasteiger partial charge in [-0.2, -0.15) is 4.68 Å². The molecule has 4 amide bonds. The number of amides is 4. The Morgan fingerprint density at radius 1 is 1.13 bits per heavy atom. The molecule has 0 radical (unpaired) electrons. The molecule has 2 atom stereocenters. The van der Waals surface area contributed by atoms with Crippen LogP contribution in [-0.2, 0) is 27.5 Å². The highest BCUT2D eigenvalue weighted by Gasteiger charge is 2.39. The molecule has 3 N–H and O–H groups in total. The van der Waals surface area contributed by atoms with Crippen LogP contribution in [0.5, 0.6) is 5.75 Å². The van der Waals surface area contributed by atoms with Crippen molar-refractivity contribution in [1.29, 1.82) is 0 Å². The van der Waals surface area contributed by atoms with Gasteiger partial charge in [-0.25, -0.2) is 0 Å². The number of hydrogen-bond acceptors (Lipinski definition) is 9. The number of carbonyl (C=O) groups excluding carboxylic acids is 4. The standard InChI is InChI=1S/C32H30N8O5/c1-3-27(41)34-22-11-9-20(10-12-22)29(30-36-37-38-40(30)23-5-4-6-24(16-23)45-2)33-17-19-7-8-21-18-39(32(44)25(21)15-19)26-13-14-28(42)35-31(26)43/h3-12,15-16,26,29,33H,1,13-14,17-18H2,2H3,(H,34,41)(H,35,42,43). The van der Waals surface area contributed by atoms with Crippen LogP contribution in [0.2, 0.25) is 0 Å². The maximum Gasteiger partial charge on any atom is 0.255 e. The molecule has 0 aliphatic carbocycles. The number of nitrogens with zero attached hydrogens (tertiary/aromatic N) is 5. The number of aromatic nitrogens is 4. The minimum absolute atomic E-state index is 0.198. The Morgan fingerprint density at radius 2 is 1.96 bits per heavy atom. The van der Waals surface area contributed by atoms with E-state index in [1.807, 2.05) is 54.6 Å². The Hall–Kier alpha value is -5.69. The molecule has 3 heterocycles. The molecular formula is C32H30N8O5. The van der Waals surface area contributed by atoms with Gasteiger partial charge in [-0.15, -0.1) is 5.10 Å². The number of hydrogen-bond donors (Lipinski definition) is 3. The van der Waals surface area contributed by atoms with Gasteiger partial charge in [0.2, 0.25) is 17.7 Å². The molecule has 0 bridgehead atoms. The second kappa shape index (κ2) is 12.5. The van der Waals surface area contributed by atoms with Crippen LogP contribution in [0.25, 0.3) is 5.69 Å². The Balaban J connectivity index is 1.27. The number of anilines is 1. The lowest BCUT2D eigenvalue weighted by Gasteiger charge is -2.29. The van der Waals surface area contributed by atoms with E-state index < -0.39 is 18.0 Å². The van der Waals surface area contributed by atoms with Gasteiger partial charge in [0.25, 0.3) is 5.91 Å². The van der Waals surface area contributed by atoms with Crippen LogP contribution >= 0.6 is 0 Å². The molecular weight excluding hydrogens is 576 g/mol. The monoisotopic (exact) mass is 606 g/mol. The zero-order chi connectivity index (χ0) is 31.5. The molecule has 1 aromatic heterocycles. The first-order chi connectivity index (χ1) is 21.8. The van der Waals surface area contributed by atoms with Crippen molar-refractivity contribution in [2.75, 3.05) is 12.4 Å². The summed E-state index contributed by atoms with van der Waals surface area (Å²) in [7, 11) is 1.59. The number of piperidine rings is 1. The largest absolute Gasteiger partial charge is 0.497 e. The summed E-state index contributed by atoms with van der Waals surface area (Å²) in [6, 6.07) is 19.1. The normalized spacial score (nSPS) is 16.6. The summed E-state index contributed by atoms with van der Waals surface area (Å²) in [6.45, 7) is 4.15. The third kappa shape index (κ3) is 6.06. The number of imide groups is 1. The van der Waals surface area contributed by atoms with E-state index in [0.717, 1.165) is 16.7 Å². The van der Waals surface area contributed by atoms with Crippen molar-refractivity contribution in [3.8, 4) is 11.4 Å². The van der Waals surface area contributed by atoms with Crippen molar-refractivity contribution in [2.24, 2.45) is 0 Å². The Bertz CT molecular complexity index is 1800. The van der Waals surface area contributed by atoms with E-state index >= 15 is 0 Å². The van der Waals surface area contributed by atoms with E-state index in [2.05, 4.69) is 38.1 Å². The van der Waals surface area contributed by atoms with Crippen LogP contribution in [0.3, 0.4) is 0 Å². The summed E-state index contributed by atoms with van der Waals surface area (Å²) in [5.74, 6) is -0.168. The highest BCUT2D eigenvalue weighted by atomic mass is 16.5. The molecule has 1 saturated heterocycles. The number of ether oxygens (including phenoxy) is 1. The number of rotatable bonds is 10. The van der Waals surface area contributed by atoms with E-state index in [1.165, 1.54) is 11.0 Å². The third-order valence-electron chi connectivity index (χ3n) is 7.85. The second-order valence-electron chi connectivity index (χ2n) is 10.7. The highest BCUT2D eigenvalue weighted by molar-refractivity contribution is 6.05. The van der Waals surface area contributed by atoms with E-state index in [0.29, 0.717) is 48.0 Å². The highest BCUT2D eigenvalue weighted by Crippen LogP contribution is 2.29. The molecule has 2 aliphatic heterocycles. The number of carbonyl (C=O) groups is 4. The molecule has 6 rings (SSSR count).